The third kappa shape index (κ3) is 2.53. The number of methoxy groups -OCH3 is 2. The average molecular weight is 237 g/mol. The van der Waals surface area contributed by atoms with Gasteiger partial charge in [0.15, 0.2) is 0 Å². The molecular formula is C13H19NO3. The molecule has 2 unspecified atom stereocenters. The molecule has 2 N–H and O–H groups in total. The Morgan fingerprint density at radius 3 is 2.76 bits per heavy atom. The van der Waals surface area contributed by atoms with E-state index >= 15 is 0 Å². The maximum Gasteiger partial charge on any atom is 0.128 e. The molecule has 1 aliphatic heterocycles. The summed E-state index contributed by atoms with van der Waals surface area (Å²) in [6.45, 7) is 0.972. The Morgan fingerprint density at radius 2 is 2.18 bits per heavy atom. The molecule has 0 spiro atoms. The molecule has 17 heavy (non-hydrogen) atoms. The molecule has 1 saturated heterocycles. The van der Waals surface area contributed by atoms with Crippen molar-refractivity contribution in [1.29, 1.82) is 0 Å². The maximum absolute atomic E-state index is 10.3. The number of ether oxygens (including phenoxy) is 2. The Bertz CT molecular complexity index is 375. The number of hydrogen-bond donors (Lipinski definition) is 2. The van der Waals surface area contributed by atoms with E-state index in [1.54, 1.807) is 20.3 Å². The van der Waals surface area contributed by atoms with Crippen molar-refractivity contribution in [2.24, 2.45) is 0 Å². The minimum absolute atomic E-state index is 0.122. The molecule has 0 amide bonds. The van der Waals surface area contributed by atoms with Crippen molar-refractivity contribution in [2.75, 3.05) is 20.8 Å². The molecule has 4 heteroatoms. The standard InChI is InChI=1S/C13H19NO3/c1-16-9-5-6-10(12(8-9)17-2)13(15)11-4-3-7-14-11/h5-6,8,11,13-15H,3-4,7H2,1-2H3. The highest BCUT2D eigenvalue weighted by Gasteiger charge is 2.26. The lowest BCUT2D eigenvalue weighted by atomic mass is 10.00. The van der Waals surface area contributed by atoms with E-state index in [9.17, 15) is 5.11 Å². The van der Waals surface area contributed by atoms with Gasteiger partial charge >= 0.3 is 0 Å². The molecule has 4 nitrogen and oxygen atoms in total. The van der Waals surface area contributed by atoms with Gasteiger partial charge in [0, 0.05) is 17.7 Å². The quantitative estimate of drug-likeness (QED) is 0.833. The van der Waals surface area contributed by atoms with Gasteiger partial charge in [-0.05, 0) is 31.5 Å². The largest absolute Gasteiger partial charge is 0.497 e. The van der Waals surface area contributed by atoms with Crippen molar-refractivity contribution in [1.82, 2.24) is 5.32 Å². The van der Waals surface area contributed by atoms with Gasteiger partial charge in [-0.3, -0.25) is 0 Å². The van der Waals surface area contributed by atoms with E-state index in [-0.39, 0.29) is 6.04 Å². The highest BCUT2D eigenvalue weighted by molar-refractivity contribution is 5.42. The molecule has 1 aliphatic rings. The average Bonchev–Trinajstić information content (AvgIpc) is 2.91. The summed E-state index contributed by atoms with van der Waals surface area (Å²) >= 11 is 0. The van der Waals surface area contributed by atoms with Crippen LogP contribution in [0.3, 0.4) is 0 Å². The second-order valence-corrected chi connectivity index (χ2v) is 4.26. The number of benzene rings is 1. The van der Waals surface area contributed by atoms with Crippen molar-refractivity contribution >= 4 is 0 Å². The predicted octanol–water partition coefficient (Wildman–Crippen LogP) is 1.49. The number of aliphatic hydroxyl groups is 1. The fourth-order valence-corrected chi connectivity index (χ4v) is 2.26. The Labute approximate surface area is 102 Å². The lowest BCUT2D eigenvalue weighted by molar-refractivity contribution is 0.134. The first-order chi connectivity index (χ1) is 8.26. The number of rotatable bonds is 4. The molecule has 2 rings (SSSR count). The highest BCUT2D eigenvalue weighted by Crippen LogP contribution is 2.32. The Kier molecular flexibility index (Phi) is 3.86. The van der Waals surface area contributed by atoms with Gasteiger partial charge < -0.3 is 19.9 Å². The fourth-order valence-electron chi connectivity index (χ4n) is 2.26. The van der Waals surface area contributed by atoms with Gasteiger partial charge in [-0.2, -0.15) is 0 Å². The summed E-state index contributed by atoms with van der Waals surface area (Å²) in [5, 5.41) is 13.6. The molecular weight excluding hydrogens is 218 g/mol. The minimum atomic E-state index is -0.529. The molecule has 1 aromatic carbocycles. The van der Waals surface area contributed by atoms with Crippen molar-refractivity contribution < 1.29 is 14.6 Å². The molecule has 1 fully saturated rings. The van der Waals surface area contributed by atoms with Crippen LogP contribution in [0.4, 0.5) is 0 Å². The molecule has 0 aromatic heterocycles. The van der Waals surface area contributed by atoms with Crippen LogP contribution in [0.25, 0.3) is 0 Å². The first kappa shape index (κ1) is 12.2. The van der Waals surface area contributed by atoms with Crippen molar-refractivity contribution in [2.45, 2.75) is 25.0 Å². The fraction of sp³-hybridized carbons (Fsp3) is 0.538. The first-order valence-electron chi connectivity index (χ1n) is 5.89. The molecule has 1 heterocycles. The topological polar surface area (TPSA) is 50.7 Å². The van der Waals surface area contributed by atoms with Gasteiger partial charge in [0.1, 0.15) is 11.5 Å². The highest BCUT2D eigenvalue weighted by atomic mass is 16.5. The third-order valence-corrected chi connectivity index (χ3v) is 3.24. The summed E-state index contributed by atoms with van der Waals surface area (Å²) < 4.78 is 10.4. The molecule has 0 aliphatic carbocycles. The Morgan fingerprint density at radius 1 is 1.35 bits per heavy atom. The van der Waals surface area contributed by atoms with E-state index in [0.29, 0.717) is 5.75 Å². The van der Waals surface area contributed by atoms with Gasteiger partial charge in [0.05, 0.1) is 20.3 Å². The molecule has 94 valence electrons. The van der Waals surface area contributed by atoms with Gasteiger partial charge in [-0.25, -0.2) is 0 Å². The summed E-state index contributed by atoms with van der Waals surface area (Å²) in [5.41, 5.74) is 0.813. The maximum atomic E-state index is 10.3. The normalized spacial score (nSPS) is 21.2. The van der Waals surface area contributed by atoms with Gasteiger partial charge in [0.2, 0.25) is 0 Å². The van der Waals surface area contributed by atoms with Gasteiger partial charge in [-0.1, -0.05) is 0 Å². The SMILES string of the molecule is COc1ccc(C(O)C2CCCN2)c(OC)c1. The zero-order valence-electron chi connectivity index (χ0n) is 10.3. The molecule has 2 atom stereocenters. The third-order valence-electron chi connectivity index (χ3n) is 3.24. The number of nitrogens with one attached hydrogen (secondary N) is 1. The van der Waals surface area contributed by atoms with Gasteiger partial charge in [0.25, 0.3) is 0 Å². The van der Waals surface area contributed by atoms with E-state index in [1.807, 2.05) is 12.1 Å². The van der Waals surface area contributed by atoms with Crippen molar-refractivity contribution in [3.8, 4) is 11.5 Å². The van der Waals surface area contributed by atoms with Crippen LogP contribution in [-0.2, 0) is 0 Å². The Hall–Kier alpha value is -1.26. The lowest BCUT2D eigenvalue weighted by Crippen LogP contribution is -2.28. The van der Waals surface area contributed by atoms with Crippen LogP contribution in [0.1, 0.15) is 24.5 Å². The van der Waals surface area contributed by atoms with Crippen LogP contribution >= 0.6 is 0 Å². The molecule has 0 saturated carbocycles. The van der Waals surface area contributed by atoms with Gasteiger partial charge in [-0.15, -0.1) is 0 Å². The second kappa shape index (κ2) is 5.38. The minimum Gasteiger partial charge on any atom is -0.497 e. The van der Waals surface area contributed by atoms with Crippen LogP contribution in [0.2, 0.25) is 0 Å². The summed E-state index contributed by atoms with van der Waals surface area (Å²) in [5.74, 6) is 1.41. The molecule has 1 aromatic rings. The summed E-state index contributed by atoms with van der Waals surface area (Å²) in [4.78, 5) is 0. The molecule has 0 radical (unpaired) electrons. The van der Waals surface area contributed by atoms with Crippen molar-refractivity contribution in [3.05, 3.63) is 23.8 Å². The smallest absolute Gasteiger partial charge is 0.128 e. The summed E-state index contributed by atoms with van der Waals surface area (Å²) in [6.07, 6.45) is 1.58. The predicted molar refractivity (Wildman–Crippen MR) is 65.5 cm³/mol. The zero-order chi connectivity index (χ0) is 12.3. The summed E-state index contributed by atoms with van der Waals surface area (Å²) in [7, 11) is 3.22. The van der Waals surface area contributed by atoms with Crippen LogP contribution in [-0.4, -0.2) is 31.9 Å². The van der Waals surface area contributed by atoms with Crippen LogP contribution in [0, 0.1) is 0 Å². The zero-order valence-corrected chi connectivity index (χ0v) is 10.3. The van der Waals surface area contributed by atoms with E-state index in [2.05, 4.69) is 5.32 Å². The van der Waals surface area contributed by atoms with Crippen molar-refractivity contribution in [3.63, 3.8) is 0 Å². The van der Waals surface area contributed by atoms with E-state index < -0.39 is 6.10 Å². The van der Waals surface area contributed by atoms with E-state index in [4.69, 9.17) is 9.47 Å². The second-order valence-electron chi connectivity index (χ2n) is 4.26. The molecule has 0 bridgehead atoms. The van der Waals surface area contributed by atoms with Crippen LogP contribution < -0.4 is 14.8 Å². The van der Waals surface area contributed by atoms with E-state index in [1.165, 1.54) is 0 Å². The Balaban J connectivity index is 2.23. The van der Waals surface area contributed by atoms with Crippen LogP contribution in [0.15, 0.2) is 18.2 Å². The van der Waals surface area contributed by atoms with Crippen LogP contribution in [0.5, 0.6) is 11.5 Å². The lowest BCUT2D eigenvalue weighted by Gasteiger charge is -2.21. The number of hydrogen-bond acceptors (Lipinski definition) is 4. The van der Waals surface area contributed by atoms with E-state index in [0.717, 1.165) is 30.7 Å². The number of aliphatic hydroxyl groups excluding tert-OH is 1. The first-order valence-corrected chi connectivity index (χ1v) is 5.89. The summed E-state index contributed by atoms with van der Waals surface area (Å²) in [6, 6.07) is 5.63. The monoisotopic (exact) mass is 237 g/mol.